The Balaban J connectivity index is 1.80. The number of benzene rings is 3. The lowest BCUT2D eigenvalue weighted by Crippen LogP contribution is -2.45. The van der Waals surface area contributed by atoms with Crippen molar-refractivity contribution in [3.05, 3.63) is 95.1 Å². The van der Waals surface area contributed by atoms with Gasteiger partial charge in [0.25, 0.3) is 5.91 Å². The normalized spacial score (nSPS) is 15.2. The molecule has 3 N–H and O–H groups in total. The van der Waals surface area contributed by atoms with Crippen molar-refractivity contribution in [1.29, 1.82) is 0 Å². The van der Waals surface area contributed by atoms with E-state index in [1.165, 1.54) is 0 Å². The Morgan fingerprint density at radius 3 is 2.46 bits per heavy atom. The van der Waals surface area contributed by atoms with Crippen LogP contribution < -0.4 is 25.4 Å². The first kappa shape index (κ1) is 24.3. The summed E-state index contributed by atoms with van der Waals surface area (Å²) in [6, 6.07) is 22.6. The van der Waals surface area contributed by atoms with Crippen LogP contribution in [0.1, 0.15) is 36.1 Å². The highest BCUT2D eigenvalue weighted by atomic mass is 32.1. The molecule has 6 nitrogen and oxygen atoms in total. The summed E-state index contributed by atoms with van der Waals surface area (Å²) < 4.78 is 11.4. The molecule has 7 heteroatoms. The highest BCUT2D eigenvalue weighted by Gasteiger charge is 2.32. The van der Waals surface area contributed by atoms with Crippen molar-refractivity contribution in [3.63, 3.8) is 0 Å². The van der Waals surface area contributed by atoms with Crippen molar-refractivity contribution in [1.82, 2.24) is 10.6 Å². The van der Waals surface area contributed by atoms with E-state index in [4.69, 9.17) is 21.7 Å². The van der Waals surface area contributed by atoms with Crippen molar-refractivity contribution in [2.75, 3.05) is 19.0 Å². The standard InChI is InChI=1S/C28H29N3O3S/c1-4-16-34-22-15-12-20(17-23(22)33-3)26-24(27(32)29-21-13-10-18(2)11-14-21)25(30-28(35)31-26)19-8-6-5-7-9-19/h5-15,17,26H,4,16H2,1-3H3,(H,29,32)(H2,30,31,35)/t26-/m1/s1. The molecule has 0 saturated carbocycles. The maximum absolute atomic E-state index is 13.7. The van der Waals surface area contributed by atoms with Crippen LogP contribution in [-0.2, 0) is 4.79 Å². The lowest BCUT2D eigenvalue weighted by atomic mass is 9.91. The number of anilines is 1. The number of carbonyl (C=O) groups excluding carboxylic acids is 1. The second kappa shape index (κ2) is 11.1. The molecular weight excluding hydrogens is 458 g/mol. The molecule has 1 aliphatic rings. The zero-order valence-corrected chi connectivity index (χ0v) is 20.9. The van der Waals surface area contributed by atoms with Gasteiger partial charge in [0.1, 0.15) is 0 Å². The third kappa shape index (κ3) is 5.63. The van der Waals surface area contributed by atoms with Gasteiger partial charge in [0.05, 0.1) is 31.0 Å². The Kier molecular flexibility index (Phi) is 7.67. The van der Waals surface area contributed by atoms with Gasteiger partial charge in [-0.2, -0.15) is 0 Å². The molecule has 3 aromatic carbocycles. The van der Waals surface area contributed by atoms with Gasteiger partial charge in [0.2, 0.25) is 0 Å². The molecule has 1 aliphatic heterocycles. The summed E-state index contributed by atoms with van der Waals surface area (Å²) in [7, 11) is 1.61. The first-order valence-electron chi connectivity index (χ1n) is 11.6. The molecule has 35 heavy (non-hydrogen) atoms. The first-order chi connectivity index (χ1) is 17.0. The van der Waals surface area contributed by atoms with E-state index in [9.17, 15) is 4.79 Å². The summed E-state index contributed by atoms with van der Waals surface area (Å²) in [5.41, 5.74) is 4.72. The average Bonchev–Trinajstić information content (AvgIpc) is 2.88. The van der Waals surface area contributed by atoms with Crippen molar-refractivity contribution >= 4 is 34.6 Å². The predicted molar refractivity (Wildman–Crippen MR) is 144 cm³/mol. The number of hydrogen-bond acceptors (Lipinski definition) is 4. The third-order valence-electron chi connectivity index (χ3n) is 5.67. The number of ether oxygens (including phenoxy) is 2. The van der Waals surface area contributed by atoms with Gasteiger partial charge >= 0.3 is 0 Å². The van der Waals surface area contributed by atoms with Crippen LogP contribution in [-0.4, -0.2) is 24.7 Å². The molecule has 0 spiro atoms. The zero-order valence-electron chi connectivity index (χ0n) is 20.1. The van der Waals surface area contributed by atoms with Crippen LogP contribution in [0.3, 0.4) is 0 Å². The highest BCUT2D eigenvalue weighted by Crippen LogP contribution is 2.36. The van der Waals surface area contributed by atoms with Crippen molar-refractivity contribution < 1.29 is 14.3 Å². The fourth-order valence-corrected chi connectivity index (χ4v) is 4.14. The second-order valence-electron chi connectivity index (χ2n) is 8.27. The van der Waals surface area contributed by atoms with Crippen LogP contribution in [0.15, 0.2) is 78.4 Å². The monoisotopic (exact) mass is 487 g/mol. The van der Waals surface area contributed by atoms with E-state index in [0.29, 0.717) is 40.2 Å². The van der Waals surface area contributed by atoms with Gasteiger partial charge in [-0.3, -0.25) is 4.79 Å². The number of hydrogen-bond donors (Lipinski definition) is 3. The van der Waals surface area contributed by atoms with Gasteiger partial charge in [-0.25, -0.2) is 0 Å². The van der Waals surface area contributed by atoms with E-state index in [2.05, 4.69) is 22.9 Å². The minimum absolute atomic E-state index is 0.231. The van der Waals surface area contributed by atoms with Crippen LogP contribution >= 0.6 is 12.2 Å². The van der Waals surface area contributed by atoms with Crippen LogP contribution in [0.25, 0.3) is 5.70 Å². The smallest absolute Gasteiger partial charge is 0.256 e. The maximum atomic E-state index is 13.7. The van der Waals surface area contributed by atoms with E-state index in [1.54, 1.807) is 7.11 Å². The van der Waals surface area contributed by atoms with Crippen LogP contribution in [0.5, 0.6) is 11.5 Å². The summed E-state index contributed by atoms with van der Waals surface area (Å²) in [5, 5.41) is 9.97. The number of nitrogens with one attached hydrogen (secondary N) is 3. The summed E-state index contributed by atoms with van der Waals surface area (Å²) in [6.45, 7) is 4.65. The Bertz CT molecular complexity index is 1240. The van der Waals surface area contributed by atoms with Crippen LogP contribution in [0.4, 0.5) is 5.69 Å². The van der Waals surface area contributed by atoms with Crippen molar-refractivity contribution in [2.24, 2.45) is 0 Å². The largest absolute Gasteiger partial charge is 0.493 e. The minimum atomic E-state index is -0.501. The minimum Gasteiger partial charge on any atom is -0.493 e. The zero-order chi connectivity index (χ0) is 24.8. The van der Waals surface area contributed by atoms with Gasteiger partial charge in [-0.1, -0.05) is 61.0 Å². The molecule has 0 aromatic heterocycles. The van der Waals surface area contributed by atoms with E-state index in [-0.39, 0.29) is 5.91 Å². The van der Waals surface area contributed by atoms with Crippen molar-refractivity contribution in [3.8, 4) is 11.5 Å². The lowest BCUT2D eigenvalue weighted by molar-refractivity contribution is -0.113. The summed E-state index contributed by atoms with van der Waals surface area (Å²) >= 11 is 5.54. The molecule has 4 rings (SSSR count). The highest BCUT2D eigenvalue weighted by molar-refractivity contribution is 7.80. The topological polar surface area (TPSA) is 71.6 Å². The fraction of sp³-hybridized carbons (Fsp3) is 0.214. The average molecular weight is 488 g/mol. The number of methoxy groups -OCH3 is 1. The SMILES string of the molecule is CCCOc1ccc([C@H]2NC(=S)NC(c3ccccc3)=C2C(=O)Nc2ccc(C)cc2)cc1OC. The van der Waals surface area contributed by atoms with Gasteiger partial charge < -0.3 is 25.4 Å². The molecule has 3 aromatic rings. The summed E-state index contributed by atoms with van der Waals surface area (Å²) in [4.78, 5) is 13.7. The molecule has 180 valence electrons. The number of aryl methyl sites for hydroxylation is 1. The Morgan fingerprint density at radius 1 is 1.03 bits per heavy atom. The summed E-state index contributed by atoms with van der Waals surface area (Å²) in [6.07, 6.45) is 0.890. The maximum Gasteiger partial charge on any atom is 0.256 e. The second-order valence-corrected chi connectivity index (χ2v) is 8.67. The van der Waals surface area contributed by atoms with Gasteiger partial charge in [0.15, 0.2) is 16.6 Å². The third-order valence-corrected chi connectivity index (χ3v) is 5.89. The molecule has 1 heterocycles. The van der Waals surface area contributed by atoms with Gasteiger partial charge in [0, 0.05) is 5.69 Å². The number of thiocarbonyl (C=S) groups is 1. The van der Waals surface area contributed by atoms with E-state index < -0.39 is 6.04 Å². The van der Waals surface area contributed by atoms with Crippen molar-refractivity contribution in [2.45, 2.75) is 26.3 Å². The molecule has 0 unspecified atom stereocenters. The molecule has 0 fully saturated rings. The molecule has 0 bridgehead atoms. The molecule has 1 amide bonds. The molecular formula is C28H29N3O3S. The summed E-state index contributed by atoms with van der Waals surface area (Å²) in [5.74, 6) is 1.03. The molecule has 0 saturated heterocycles. The first-order valence-corrected chi connectivity index (χ1v) is 12.0. The Labute approximate surface area is 211 Å². The lowest BCUT2D eigenvalue weighted by Gasteiger charge is -2.32. The van der Waals surface area contributed by atoms with Crippen LogP contribution in [0.2, 0.25) is 0 Å². The molecule has 0 radical (unpaired) electrons. The van der Waals surface area contributed by atoms with Gasteiger partial charge in [-0.05, 0) is 61.0 Å². The van der Waals surface area contributed by atoms with E-state index in [1.807, 2.05) is 79.7 Å². The molecule has 1 atom stereocenters. The van der Waals surface area contributed by atoms with Crippen LogP contribution in [0, 0.1) is 6.92 Å². The van der Waals surface area contributed by atoms with E-state index in [0.717, 1.165) is 23.1 Å². The van der Waals surface area contributed by atoms with E-state index >= 15 is 0 Å². The predicted octanol–water partition coefficient (Wildman–Crippen LogP) is 5.36. The molecule has 0 aliphatic carbocycles. The number of rotatable bonds is 8. The Hall–Kier alpha value is -3.84. The number of amides is 1. The van der Waals surface area contributed by atoms with Gasteiger partial charge in [-0.15, -0.1) is 0 Å². The number of carbonyl (C=O) groups is 1. The quantitative estimate of drug-likeness (QED) is 0.372. The fourth-order valence-electron chi connectivity index (χ4n) is 3.92. The Morgan fingerprint density at radius 2 is 1.77 bits per heavy atom.